The normalized spacial score (nSPS) is 19.6. The molecule has 1 amide bonds. The minimum Gasteiger partial charge on any atom is -0.380 e. The van der Waals surface area contributed by atoms with Crippen LogP contribution in [0.4, 0.5) is 11.4 Å². The van der Waals surface area contributed by atoms with Crippen molar-refractivity contribution in [3.05, 3.63) is 45.6 Å². The van der Waals surface area contributed by atoms with Crippen LogP contribution in [0.15, 0.2) is 22.7 Å². The van der Waals surface area contributed by atoms with E-state index in [1.165, 1.54) is 13.1 Å². The topological polar surface area (TPSA) is 124 Å². The summed E-state index contributed by atoms with van der Waals surface area (Å²) in [6.45, 7) is 2.14. The number of nitro benzene ring substituents is 1. The fraction of sp³-hybridized carbons (Fsp3) is 0.438. The SMILES string of the molecule is CNC(=O)c1ccc(N2CC(OC)CC2c2nc(C)no2)c([N+](=O)[O-])c1. The number of hydrogen-bond donors (Lipinski definition) is 1. The molecule has 1 aromatic heterocycles. The smallest absolute Gasteiger partial charge is 0.293 e. The summed E-state index contributed by atoms with van der Waals surface area (Å²) in [5.41, 5.74) is 0.433. The van der Waals surface area contributed by atoms with E-state index in [4.69, 9.17) is 9.26 Å². The molecule has 1 aliphatic rings. The van der Waals surface area contributed by atoms with E-state index in [2.05, 4.69) is 15.5 Å². The fourth-order valence-corrected chi connectivity index (χ4v) is 3.12. The van der Waals surface area contributed by atoms with E-state index in [1.54, 1.807) is 26.2 Å². The summed E-state index contributed by atoms with van der Waals surface area (Å²) in [6, 6.07) is 4.05. The number of methoxy groups -OCH3 is 1. The molecular formula is C16H19N5O5. The summed E-state index contributed by atoms with van der Waals surface area (Å²) in [7, 11) is 3.06. The number of aromatic nitrogens is 2. The molecule has 3 rings (SSSR count). The van der Waals surface area contributed by atoms with Gasteiger partial charge in [0, 0.05) is 38.8 Å². The second kappa shape index (κ2) is 7.08. The minimum absolute atomic E-state index is 0.134. The molecule has 2 unspecified atom stereocenters. The zero-order chi connectivity index (χ0) is 18.8. The van der Waals surface area contributed by atoms with E-state index in [1.807, 2.05) is 4.90 Å². The number of amides is 1. The Morgan fingerprint density at radius 3 is 2.85 bits per heavy atom. The first-order chi connectivity index (χ1) is 12.4. The molecule has 1 fully saturated rings. The second-order valence-electron chi connectivity index (χ2n) is 5.98. The van der Waals surface area contributed by atoms with Gasteiger partial charge in [0.15, 0.2) is 5.82 Å². The van der Waals surface area contributed by atoms with E-state index in [0.29, 0.717) is 30.4 Å². The van der Waals surface area contributed by atoms with Crippen LogP contribution in [0, 0.1) is 17.0 Å². The van der Waals surface area contributed by atoms with Crippen LogP contribution in [-0.2, 0) is 4.74 Å². The number of rotatable bonds is 5. The number of nitro groups is 1. The number of hydrogen-bond acceptors (Lipinski definition) is 8. The molecular weight excluding hydrogens is 342 g/mol. The zero-order valence-electron chi connectivity index (χ0n) is 14.6. The Balaban J connectivity index is 2.04. The summed E-state index contributed by atoms with van der Waals surface area (Å²) in [5, 5.41) is 17.9. The molecule has 0 radical (unpaired) electrons. The largest absolute Gasteiger partial charge is 0.380 e. The lowest BCUT2D eigenvalue weighted by Gasteiger charge is -2.23. The molecule has 10 heteroatoms. The van der Waals surface area contributed by atoms with Gasteiger partial charge in [0.1, 0.15) is 11.7 Å². The van der Waals surface area contributed by atoms with E-state index >= 15 is 0 Å². The molecule has 2 aromatic rings. The summed E-state index contributed by atoms with van der Waals surface area (Å²) in [4.78, 5) is 29.0. The number of anilines is 1. The summed E-state index contributed by atoms with van der Waals surface area (Å²) in [6.07, 6.45) is 0.428. The molecule has 1 aliphatic heterocycles. The molecule has 0 bridgehead atoms. The Kier molecular flexibility index (Phi) is 4.85. The fourth-order valence-electron chi connectivity index (χ4n) is 3.12. The number of benzene rings is 1. The minimum atomic E-state index is -0.502. The number of nitrogens with one attached hydrogen (secondary N) is 1. The van der Waals surface area contributed by atoms with Crippen molar-refractivity contribution >= 4 is 17.3 Å². The molecule has 10 nitrogen and oxygen atoms in total. The second-order valence-corrected chi connectivity index (χ2v) is 5.98. The molecule has 0 aliphatic carbocycles. The van der Waals surface area contributed by atoms with Gasteiger partial charge in [0.2, 0.25) is 5.89 Å². The molecule has 138 valence electrons. The highest BCUT2D eigenvalue weighted by molar-refractivity contribution is 5.95. The summed E-state index contributed by atoms with van der Waals surface area (Å²) < 4.78 is 10.7. The van der Waals surface area contributed by atoms with Crippen molar-refractivity contribution in [3.63, 3.8) is 0 Å². The third kappa shape index (κ3) is 3.23. The van der Waals surface area contributed by atoms with Crippen molar-refractivity contribution in [2.75, 3.05) is 25.6 Å². The third-order valence-corrected chi connectivity index (χ3v) is 4.40. The Hall–Kier alpha value is -3.01. The maximum absolute atomic E-state index is 11.8. The van der Waals surface area contributed by atoms with E-state index in [9.17, 15) is 14.9 Å². The predicted molar refractivity (Wildman–Crippen MR) is 91.0 cm³/mol. The van der Waals surface area contributed by atoms with Gasteiger partial charge in [-0.05, 0) is 19.1 Å². The maximum Gasteiger partial charge on any atom is 0.293 e. The van der Waals surface area contributed by atoms with Crippen LogP contribution < -0.4 is 10.2 Å². The number of carbonyl (C=O) groups is 1. The molecule has 1 saturated heterocycles. The monoisotopic (exact) mass is 361 g/mol. The van der Waals surface area contributed by atoms with Crippen molar-refractivity contribution in [2.24, 2.45) is 0 Å². The van der Waals surface area contributed by atoms with Gasteiger partial charge in [0.05, 0.1) is 11.0 Å². The van der Waals surface area contributed by atoms with Crippen LogP contribution >= 0.6 is 0 Å². The van der Waals surface area contributed by atoms with Gasteiger partial charge in [-0.1, -0.05) is 5.16 Å². The number of nitrogens with zero attached hydrogens (tertiary/aromatic N) is 4. The number of aryl methyl sites for hydroxylation is 1. The van der Waals surface area contributed by atoms with E-state index < -0.39 is 4.92 Å². The van der Waals surface area contributed by atoms with Gasteiger partial charge < -0.3 is 19.5 Å². The maximum atomic E-state index is 11.8. The van der Waals surface area contributed by atoms with Crippen molar-refractivity contribution in [3.8, 4) is 0 Å². The average Bonchev–Trinajstić information content (AvgIpc) is 3.26. The number of carbonyl (C=O) groups excluding carboxylic acids is 1. The molecule has 0 saturated carbocycles. The highest BCUT2D eigenvalue weighted by Crippen LogP contribution is 2.41. The molecule has 1 aromatic carbocycles. The highest BCUT2D eigenvalue weighted by atomic mass is 16.6. The Morgan fingerprint density at radius 1 is 1.50 bits per heavy atom. The third-order valence-electron chi connectivity index (χ3n) is 4.40. The van der Waals surface area contributed by atoms with Crippen LogP contribution in [0.5, 0.6) is 0 Å². The molecule has 2 atom stereocenters. The summed E-state index contributed by atoms with van der Waals surface area (Å²) in [5.74, 6) is 0.483. The molecule has 2 heterocycles. The van der Waals surface area contributed by atoms with Gasteiger partial charge >= 0.3 is 0 Å². The molecule has 1 N–H and O–H groups in total. The first kappa shape index (κ1) is 17.8. The van der Waals surface area contributed by atoms with Crippen molar-refractivity contribution < 1.29 is 19.0 Å². The molecule has 26 heavy (non-hydrogen) atoms. The number of ether oxygens (including phenoxy) is 1. The van der Waals surface area contributed by atoms with Gasteiger partial charge in [-0.15, -0.1) is 0 Å². The highest BCUT2D eigenvalue weighted by Gasteiger charge is 2.39. The van der Waals surface area contributed by atoms with Crippen LogP contribution in [-0.4, -0.2) is 47.8 Å². The van der Waals surface area contributed by atoms with Gasteiger partial charge in [0.25, 0.3) is 11.6 Å². The van der Waals surface area contributed by atoms with Gasteiger partial charge in [-0.25, -0.2) is 0 Å². The van der Waals surface area contributed by atoms with E-state index in [-0.39, 0.29) is 29.3 Å². The van der Waals surface area contributed by atoms with Gasteiger partial charge in [-0.2, -0.15) is 4.98 Å². The lowest BCUT2D eigenvalue weighted by Crippen LogP contribution is -2.26. The standard InChI is InChI=1S/C16H19N5O5/c1-9-18-16(26-19-9)14-7-11(25-3)8-20(14)12-5-4-10(15(22)17-2)6-13(12)21(23)24/h4-6,11,14H,7-8H2,1-3H3,(H,17,22). The lowest BCUT2D eigenvalue weighted by atomic mass is 10.1. The van der Waals surface area contributed by atoms with Crippen molar-refractivity contribution in [1.29, 1.82) is 0 Å². The lowest BCUT2D eigenvalue weighted by molar-refractivity contribution is -0.384. The quantitative estimate of drug-likeness (QED) is 0.629. The van der Waals surface area contributed by atoms with Crippen LogP contribution in [0.25, 0.3) is 0 Å². The van der Waals surface area contributed by atoms with Gasteiger partial charge in [-0.3, -0.25) is 14.9 Å². The van der Waals surface area contributed by atoms with Crippen molar-refractivity contribution in [1.82, 2.24) is 15.5 Å². The first-order valence-corrected chi connectivity index (χ1v) is 8.04. The van der Waals surface area contributed by atoms with E-state index in [0.717, 1.165) is 0 Å². The summed E-state index contributed by atoms with van der Waals surface area (Å²) >= 11 is 0. The van der Waals surface area contributed by atoms with Crippen molar-refractivity contribution in [2.45, 2.75) is 25.5 Å². The van der Waals surface area contributed by atoms with Crippen LogP contribution in [0.2, 0.25) is 0 Å². The Bertz CT molecular complexity index is 836. The molecule has 0 spiro atoms. The zero-order valence-corrected chi connectivity index (χ0v) is 14.6. The van der Waals surface area contributed by atoms with Crippen LogP contribution in [0.3, 0.4) is 0 Å². The Morgan fingerprint density at radius 2 is 2.27 bits per heavy atom. The Labute approximate surface area is 149 Å². The first-order valence-electron chi connectivity index (χ1n) is 8.04. The predicted octanol–water partition coefficient (Wildman–Crippen LogP) is 1.61. The average molecular weight is 361 g/mol. The van der Waals surface area contributed by atoms with Crippen LogP contribution in [0.1, 0.15) is 34.5 Å².